The molecule has 0 bridgehead atoms. The molecule has 0 fully saturated rings. The molecule has 0 rings (SSSR count). The minimum Gasteiger partial charge on any atom is -0.228 e. The van der Waals surface area contributed by atoms with Crippen LogP contribution in [0, 0.1) is 0 Å². The minimum absolute atomic E-state index is 0.677. The van der Waals surface area contributed by atoms with Crippen LogP contribution in [-0.2, 0) is 15.4 Å². The molecule has 110 valence electrons. The van der Waals surface area contributed by atoms with Crippen LogP contribution in [0.5, 0.6) is 0 Å². The molecule has 0 aliphatic heterocycles. The van der Waals surface area contributed by atoms with E-state index in [0.717, 1.165) is 32.4 Å². The van der Waals surface area contributed by atoms with Gasteiger partial charge >= 0.3 is 0 Å². The fourth-order valence-electron chi connectivity index (χ4n) is 1.84. The Balaban J connectivity index is 3.55. The van der Waals surface area contributed by atoms with Crippen LogP contribution in [0.25, 0.3) is 0 Å². The van der Waals surface area contributed by atoms with Gasteiger partial charge in [-0.25, -0.2) is 4.21 Å². The molecular weight excluding hydrogens is 246 g/mol. The van der Waals surface area contributed by atoms with Crippen LogP contribution in [0.2, 0.25) is 0 Å². The first-order valence-corrected chi connectivity index (χ1v) is 8.80. The fraction of sp³-hybridized carbons (Fsp3) is 1.00. The van der Waals surface area contributed by atoms with Crippen LogP contribution in [0.1, 0.15) is 72.1 Å². The van der Waals surface area contributed by atoms with E-state index >= 15 is 0 Å². The SMILES string of the molecule is CCCCCCCCS(=O)ON(CCC)CCC. The Labute approximate surface area is 116 Å². The van der Waals surface area contributed by atoms with E-state index in [-0.39, 0.29) is 0 Å². The Morgan fingerprint density at radius 2 is 1.39 bits per heavy atom. The summed E-state index contributed by atoms with van der Waals surface area (Å²) in [6.45, 7) is 8.19. The molecule has 0 aromatic heterocycles. The molecule has 0 aliphatic carbocycles. The third-order valence-corrected chi connectivity index (χ3v) is 3.80. The molecule has 0 aromatic rings. The van der Waals surface area contributed by atoms with Crippen molar-refractivity contribution in [3.05, 3.63) is 0 Å². The van der Waals surface area contributed by atoms with Crippen molar-refractivity contribution >= 4 is 11.1 Å². The van der Waals surface area contributed by atoms with Crippen LogP contribution in [0.3, 0.4) is 0 Å². The molecule has 3 nitrogen and oxygen atoms in total. The second kappa shape index (κ2) is 13.5. The Bertz CT molecular complexity index is 194. The second-order valence-electron chi connectivity index (χ2n) is 4.78. The zero-order valence-corrected chi connectivity index (χ0v) is 13.3. The van der Waals surface area contributed by atoms with Crippen molar-refractivity contribution in [3.8, 4) is 0 Å². The number of hydrogen-bond acceptors (Lipinski definition) is 3. The fourth-order valence-corrected chi connectivity index (χ4v) is 2.74. The third kappa shape index (κ3) is 11.2. The van der Waals surface area contributed by atoms with Crippen LogP contribution < -0.4 is 0 Å². The summed E-state index contributed by atoms with van der Waals surface area (Å²) in [5.74, 6) is 0.677. The quantitative estimate of drug-likeness (QED) is 0.375. The minimum atomic E-state index is -1.13. The second-order valence-corrected chi connectivity index (χ2v) is 5.94. The van der Waals surface area contributed by atoms with E-state index in [9.17, 15) is 4.21 Å². The monoisotopic (exact) mass is 277 g/mol. The molecule has 0 aliphatic rings. The number of hydroxylamine groups is 2. The van der Waals surface area contributed by atoms with Gasteiger partial charge in [0.1, 0.15) is 0 Å². The molecule has 1 atom stereocenters. The van der Waals surface area contributed by atoms with E-state index in [0.29, 0.717) is 5.75 Å². The van der Waals surface area contributed by atoms with E-state index in [2.05, 4.69) is 20.8 Å². The molecule has 1 unspecified atom stereocenters. The van der Waals surface area contributed by atoms with Gasteiger partial charge in [-0.1, -0.05) is 52.9 Å². The zero-order chi connectivity index (χ0) is 13.6. The predicted octanol–water partition coefficient (Wildman–Crippen LogP) is 4.06. The lowest BCUT2D eigenvalue weighted by Crippen LogP contribution is -2.27. The predicted molar refractivity (Wildman–Crippen MR) is 79.6 cm³/mol. The lowest BCUT2D eigenvalue weighted by molar-refractivity contribution is -0.0443. The van der Waals surface area contributed by atoms with Gasteiger partial charge in [0.05, 0.1) is 5.75 Å². The lowest BCUT2D eigenvalue weighted by Gasteiger charge is -2.18. The first-order chi connectivity index (χ1) is 8.74. The van der Waals surface area contributed by atoms with Crippen molar-refractivity contribution in [3.63, 3.8) is 0 Å². The largest absolute Gasteiger partial charge is 0.228 e. The smallest absolute Gasteiger partial charge is 0.173 e. The number of unbranched alkanes of at least 4 members (excludes halogenated alkanes) is 5. The highest BCUT2D eigenvalue weighted by Crippen LogP contribution is 2.07. The molecule has 18 heavy (non-hydrogen) atoms. The number of rotatable bonds is 13. The van der Waals surface area contributed by atoms with Crippen molar-refractivity contribution < 1.29 is 8.49 Å². The summed E-state index contributed by atoms with van der Waals surface area (Å²) in [4.78, 5) is 0. The Morgan fingerprint density at radius 3 is 1.94 bits per heavy atom. The van der Waals surface area contributed by atoms with Crippen molar-refractivity contribution in [2.24, 2.45) is 0 Å². The van der Waals surface area contributed by atoms with Crippen LogP contribution in [0.15, 0.2) is 0 Å². The first-order valence-electron chi connectivity index (χ1n) is 7.56. The Hall–Kier alpha value is 0.0700. The van der Waals surface area contributed by atoms with Gasteiger partial charge in [-0.2, -0.15) is 9.35 Å². The highest BCUT2D eigenvalue weighted by Gasteiger charge is 2.08. The number of hydrogen-bond donors (Lipinski definition) is 0. The van der Waals surface area contributed by atoms with Gasteiger partial charge < -0.3 is 0 Å². The van der Waals surface area contributed by atoms with Crippen molar-refractivity contribution in [2.75, 3.05) is 18.8 Å². The van der Waals surface area contributed by atoms with Gasteiger partial charge in [0.15, 0.2) is 11.1 Å². The zero-order valence-electron chi connectivity index (χ0n) is 12.5. The van der Waals surface area contributed by atoms with Crippen molar-refractivity contribution in [1.82, 2.24) is 5.06 Å². The average Bonchev–Trinajstić information content (AvgIpc) is 2.34. The van der Waals surface area contributed by atoms with Gasteiger partial charge in [0.25, 0.3) is 0 Å². The van der Waals surface area contributed by atoms with Gasteiger partial charge in [0, 0.05) is 13.1 Å². The van der Waals surface area contributed by atoms with E-state index in [1.807, 2.05) is 5.06 Å². The molecule has 0 radical (unpaired) electrons. The summed E-state index contributed by atoms with van der Waals surface area (Å²) in [7, 11) is 0. The summed E-state index contributed by atoms with van der Waals surface area (Å²) < 4.78 is 17.2. The van der Waals surface area contributed by atoms with E-state index < -0.39 is 11.1 Å². The molecule has 4 heteroatoms. The molecule has 0 saturated carbocycles. The maximum absolute atomic E-state index is 11.7. The van der Waals surface area contributed by atoms with Crippen molar-refractivity contribution in [1.29, 1.82) is 0 Å². The van der Waals surface area contributed by atoms with E-state index in [1.54, 1.807) is 0 Å². The van der Waals surface area contributed by atoms with Gasteiger partial charge in [-0.15, -0.1) is 0 Å². The molecule has 0 spiro atoms. The van der Waals surface area contributed by atoms with Crippen LogP contribution in [0.4, 0.5) is 0 Å². The molecular formula is C14H31NO2S. The summed E-state index contributed by atoms with van der Waals surface area (Å²) in [5, 5.41) is 1.85. The third-order valence-electron chi connectivity index (χ3n) is 2.80. The van der Waals surface area contributed by atoms with Crippen molar-refractivity contribution in [2.45, 2.75) is 72.1 Å². The topological polar surface area (TPSA) is 29.5 Å². The van der Waals surface area contributed by atoms with Crippen LogP contribution in [-0.4, -0.2) is 28.1 Å². The van der Waals surface area contributed by atoms with Gasteiger partial charge in [0.2, 0.25) is 0 Å². The molecule has 0 amide bonds. The van der Waals surface area contributed by atoms with Crippen LogP contribution >= 0.6 is 0 Å². The Morgan fingerprint density at radius 1 is 0.833 bits per heavy atom. The van der Waals surface area contributed by atoms with Gasteiger partial charge in [-0.05, 0) is 19.3 Å². The molecule has 0 saturated heterocycles. The molecule has 0 N–H and O–H groups in total. The summed E-state index contributed by atoms with van der Waals surface area (Å²) in [6.07, 6.45) is 9.43. The lowest BCUT2D eigenvalue weighted by atomic mass is 10.1. The summed E-state index contributed by atoms with van der Waals surface area (Å²) in [6, 6.07) is 0. The average molecular weight is 277 g/mol. The molecule has 0 heterocycles. The summed E-state index contributed by atoms with van der Waals surface area (Å²) >= 11 is -1.13. The first kappa shape index (κ1) is 18.1. The standard InChI is InChI=1S/C14H31NO2S/c1-4-7-8-9-10-11-14-18(16)17-15(12-5-2)13-6-3/h4-14H2,1-3H3. The van der Waals surface area contributed by atoms with Gasteiger partial charge in [-0.3, -0.25) is 0 Å². The highest BCUT2D eigenvalue weighted by molar-refractivity contribution is 7.80. The normalized spacial score (nSPS) is 13.1. The highest BCUT2D eigenvalue weighted by atomic mass is 32.2. The maximum atomic E-state index is 11.7. The van der Waals surface area contributed by atoms with E-state index in [1.165, 1.54) is 32.1 Å². The number of nitrogens with zero attached hydrogens (tertiary/aromatic N) is 1. The molecule has 0 aromatic carbocycles. The Kier molecular flexibility index (Phi) is 13.6. The summed E-state index contributed by atoms with van der Waals surface area (Å²) in [5.41, 5.74) is 0. The maximum Gasteiger partial charge on any atom is 0.173 e. The van der Waals surface area contributed by atoms with E-state index in [4.69, 9.17) is 4.28 Å².